The van der Waals surface area contributed by atoms with Gasteiger partial charge in [-0.15, -0.1) is 0 Å². The van der Waals surface area contributed by atoms with Crippen LogP contribution in [0.5, 0.6) is 0 Å². The lowest BCUT2D eigenvalue weighted by Gasteiger charge is -2.37. The Bertz CT molecular complexity index is 782. The second-order valence-electron chi connectivity index (χ2n) is 5.94. The highest BCUT2D eigenvalue weighted by atomic mass is 16.3. The fourth-order valence-electron chi connectivity index (χ4n) is 3.04. The lowest BCUT2D eigenvalue weighted by atomic mass is 10.0. The molecule has 1 atom stereocenters. The third-order valence-corrected chi connectivity index (χ3v) is 4.12. The standard InChI is InChI=1S/C18H21N3O3/c1-11-10-15(12(2)24-11)17-20-16-7-5-4-6-14(16)18(23)21(17)9-8-19-13(3)22/h4-7,10,17,20H,8-9H2,1-3H3,(H,19,22)/t17-/m0/s1. The molecule has 0 bridgehead atoms. The Balaban J connectivity index is 1.95. The quantitative estimate of drug-likeness (QED) is 0.905. The van der Waals surface area contributed by atoms with E-state index in [1.807, 2.05) is 38.1 Å². The van der Waals surface area contributed by atoms with Crippen LogP contribution < -0.4 is 10.6 Å². The summed E-state index contributed by atoms with van der Waals surface area (Å²) >= 11 is 0. The molecule has 0 radical (unpaired) electrons. The van der Waals surface area contributed by atoms with Gasteiger partial charge in [-0.1, -0.05) is 12.1 Å². The summed E-state index contributed by atoms with van der Waals surface area (Å²) in [4.78, 5) is 25.8. The Morgan fingerprint density at radius 1 is 1.33 bits per heavy atom. The number of aryl methyl sites for hydroxylation is 2. The molecule has 0 saturated carbocycles. The summed E-state index contributed by atoms with van der Waals surface area (Å²) < 4.78 is 5.63. The summed E-state index contributed by atoms with van der Waals surface area (Å²) in [6.07, 6.45) is -0.321. The van der Waals surface area contributed by atoms with Gasteiger partial charge in [-0.3, -0.25) is 9.59 Å². The number of carbonyl (C=O) groups is 2. The van der Waals surface area contributed by atoms with E-state index >= 15 is 0 Å². The highest BCUT2D eigenvalue weighted by Gasteiger charge is 2.34. The van der Waals surface area contributed by atoms with Gasteiger partial charge < -0.3 is 20.0 Å². The molecule has 0 spiro atoms. The fraction of sp³-hybridized carbons (Fsp3) is 0.333. The van der Waals surface area contributed by atoms with Gasteiger partial charge in [0.2, 0.25) is 5.91 Å². The van der Waals surface area contributed by atoms with Crippen LogP contribution >= 0.6 is 0 Å². The number of carbonyl (C=O) groups excluding carboxylic acids is 2. The van der Waals surface area contributed by atoms with Crippen molar-refractivity contribution in [2.24, 2.45) is 0 Å². The predicted molar refractivity (Wildman–Crippen MR) is 90.7 cm³/mol. The van der Waals surface area contributed by atoms with E-state index < -0.39 is 0 Å². The number of nitrogens with zero attached hydrogens (tertiary/aromatic N) is 1. The van der Waals surface area contributed by atoms with Crippen molar-refractivity contribution < 1.29 is 14.0 Å². The molecule has 1 aromatic carbocycles. The van der Waals surface area contributed by atoms with Gasteiger partial charge in [0.1, 0.15) is 17.7 Å². The van der Waals surface area contributed by atoms with Gasteiger partial charge >= 0.3 is 0 Å². The van der Waals surface area contributed by atoms with Crippen LogP contribution in [-0.2, 0) is 4.79 Å². The summed E-state index contributed by atoms with van der Waals surface area (Å²) in [7, 11) is 0. The zero-order chi connectivity index (χ0) is 17.3. The summed E-state index contributed by atoms with van der Waals surface area (Å²) in [5.41, 5.74) is 2.37. The molecular formula is C18H21N3O3. The molecule has 126 valence electrons. The van der Waals surface area contributed by atoms with Crippen LogP contribution in [0.15, 0.2) is 34.7 Å². The van der Waals surface area contributed by atoms with Crippen molar-refractivity contribution in [2.75, 3.05) is 18.4 Å². The fourth-order valence-corrected chi connectivity index (χ4v) is 3.04. The Hall–Kier alpha value is -2.76. The first-order chi connectivity index (χ1) is 11.5. The second-order valence-corrected chi connectivity index (χ2v) is 5.94. The third-order valence-electron chi connectivity index (χ3n) is 4.12. The Kier molecular flexibility index (Phi) is 4.29. The van der Waals surface area contributed by atoms with Gasteiger partial charge in [-0.25, -0.2) is 0 Å². The second kappa shape index (κ2) is 6.39. The first-order valence-electron chi connectivity index (χ1n) is 7.95. The number of fused-ring (bicyclic) bond motifs is 1. The number of para-hydroxylation sites is 1. The smallest absolute Gasteiger partial charge is 0.257 e. The normalized spacial score (nSPS) is 16.5. The van der Waals surface area contributed by atoms with Crippen molar-refractivity contribution >= 4 is 17.5 Å². The minimum absolute atomic E-state index is 0.0574. The van der Waals surface area contributed by atoms with Crippen LogP contribution in [0.3, 0.4) is 0 Å². The summed E-state index contributed by atoms with van der Waals surface area (Å²) in [6, 6.07) is 9.39. The molecule has 24 heavy (non-hydrogen) atoms. The average molecular weight is 327 g/mol. The van der Waals surface area contributed by atoms with E-state index in [0.29, 0.717) is 18.7 Å². The monoisotopic (exact) mass is 327 g/mol. The van der Waals surface area contributed by atoms with E-state index in [1.165, 1.54) is 6.92 Å². The SMILES string of the molecule is CC(=O)NCCN1C(=O)c2ccccc2N[C@@H]1c1cc(C)oc1C. The maximum Gasteiger partial charge on any atom is 0.257 e. The lowest BCUT2D eigenvalue weighted by molar-refractivity contribution is -0.119. The maximum absolute atomic E-state index is 12.9. The molecule has 0 unspecified atom stereocenters. The molecule has 6 heteroatoms. The number of rotatable bonds is 4. The molecule has 3 rings (SSSR count). The van der Waals surface area contributed by atoms with Crippen molar-refractivity contribution in [3.05, 3.63) is 53.0 Å². The largest absolute Gasteiger partial charge is 0.466 e. The van der Waals surface area contributed by atoms with Crippen LogP contribution in [0, 0.1) is 13.8 Å². The van der Waals surface area contributed by atoms with Crippen LogP contribution in [0.25, 0.3) is 0 Å². The van der Waals surface area contributed by atoms with E-state index in [0.717, 1.165) is 22.8 Å². The highest BCUT2D eigenvalue weighted by Crippen LogP contribution is 2.34. The Morgan fingerprint density at radius 2 is 2.08 bits per heavy atom. The number of nitrogens with one attached hydrogen (secondary N) is 2. The molecule has 0 aliphatic carbocycles. The van der Waals surface area contributed by atoms with Gasteiger partial charge in [0.25, 0.3) is 5.91 Å². The molecule has 2 amide bonds. The van der Waals surface area contributed by atoms with Gasteiger partial charge in [0.15, 0.2) is 0 Å². The molecular weight excluding hydrogens is 306 g/mol. The zero-order valence-corrected chi connectivity index (χ0v) is 14.1. The molecule has 1 aliphatic heterocycles. The van der Waals surface area contributed by atoms with Crippen molar-refractivity contribution in [2.45, 2.75) is 26.9 Å². The van der Waals surface area contributed by atoms with E-state index in [4.69, 9.17) is 4.42 Å². The molecule has 1 aliphatic rings. The number of hydrogen-bond donors (Lipinski definition) is 2. The Morgan fingerprint density at radius 3 is 2.75 bits per heavy atom. The van der Waals surface area contributed by atoms with Crippen LogP contribution in [0.1, 0.15) is 40.5 Å². The number of amides is 2. The van der Waals surface area contributed by atoms with Gasteiger partial charge in [0, 0.05) is 31.3 Å². The van der Waals surface area contributed by atoms with Crippen LogP contribution in [0.2, 0.25) is 0 Å². The van der Waals surface area contributed by atoms with Crippen molar-refractivity contribution in [1.82, 2.24) is 10.2 Å². The van der Waals surface area contributed by atoms with Gasteiger partial charge in [0.05, 0.1) is 5.56 Å². The first kappa shape index (κ1) is 16.1. The topological polar surface area (TPSA) is 74.6 Å². The molecule has 1 aromatic heterocycles. The number of hydrogen-bond acceptors (Lipinski definition) is 4. The third kappa shape index (κ3) is 2.99. The zero-order valence-electron chi connectivity index (χ0n) is 14.1. The molecule has 2 heterocycles. The van der Waals surface area contributed by atoms with E-state index in [1.54, 1.807) is 11.0 Å². The van der Waals surface area contributed by atoms with E-state index in [-0.39, 0.29) is 18.0 Å². The maximum atomic E-state index is 12.9. The summed E-state index contributed by atoms with van der Waals surface area (Å²) in [5, 5.41) is 6.16. The molecule has 0 saturated heterocycles. The Labute approximate surface area is 140 Å². The average Bonchev–Trinajstić information content (AvgIpc) is 2.87. The van der Waals surface area contributed by atoms with E-state index in [2.05, 4.69) is 10.6 Å². The van der Waals surface area contributed by atoms with Crippen LogP contribution in [0.4, 0.5) is 5.69 Å². The number of benzene rings is 1. The summed E-state index contributed by atoms with van der Waals surface area (Å²) in [6.45, 7) is 6.05. The first-order valence-corrected chi connectivity index (χ1v) is 7.95. The number of anilines is 1. The molecule has 0 fully saturated rings. The minimum Gasteiger partial charge on any atom is -0.466 e. The highest BCUT2D eigenvalue weighted by molar-refractivity contribution is 6.01. The lowest BCUT2D eigenvalue weighted by Crippen LogP contribution is -2.46. The molecule has 2 aromatic rings. The van der Waals surface area contributed by atoms with Crippen molar-refractivity contribution in [1.29, 1.82) is 0 Å². The van der Waals surface area contributed by atoms with Crippen molar-refractivity contribution in [3.8, 4) is 0 Å². The van der Waals surface area contributed by atoms with Crippen LogP contribution in [-0.4, -0.2) is 29.8 Å². The minimum atomic E-state index is -0.321. The van der Waals surface area contributed by atoms with Gasteiger partial charge in [-0.05, 0) is 32.0 Å². The molecule has 6 nitrogen and oxygen atoms in total. The number of furan rings is 1. The van der Waals surface area contributed by atoms with Crippen molar-refractivity contribution in [3.63, 3.8) is 0 Å². The predicted octanol–water partition coefficient (Wildman–Crippen LogP) is 2.60. The molecule has 2 N–H and O–H groups in total. The van der Waals surface area contributed by atoms with Gasteiger partial charge in [-0.2, -0.15) is 0 Å². The van der Waals surface area contributed by atoms with E-state index in [9.17, 15) is 9.59 Å². The summed E-state index contributed by atoms with van der Waals surface area (Å²) in [5.74, 6) is 1.41.